The second-order valence-corrected chi connectivity index (χ2v) is 6.63. The van der Waals surface area contributed by atoms with Crippen LogP contribution in [0.3, 0.4) is 0 Å². The van der Waals surface area contributed by atoms with E-state index in [0.717, 1.165) is 17.5 Å². The average molecular weight is 402 g/mol. The summed E-state index contributed by atoms with van der Waals surface area (Å²) in [7, 11) is 0. The number of anilines is 1. The first kappa shape index (κ1) is 19.2. The van der Waals surface area contributed by atoms with Crippen LogP contribution in [0.15, 0.2) is 47.5 Å². The van der Waals surface area contributed by atoms with E-state index in [1.807, 2.05) is 6.92 Å². The summed E-state index contributed by atoms with van der Waals surface area (Å²) >= 11 is 0.844. The van der Waals surface area contributed by atoms with E-state index in [9.17, 15) is 26.3 Å². The summed E-state index contributed by atoms with van der Waals surface area (Å²) in [5.74, 6) is -3.25. The van der Waals surface area contributed by atoms with Crippen molar-refractivity contribution in [2.24, 2.45) is 0 Å². The lowest BCUT2D eigenvalue weighted by Gasteiger charge is -2.11. The number of alkyl halides is 3. The Bertz CT molecular complexity index is 980. The molecule has 2 nitrogen and oxygen atoms in total. The van der Waals surface area contributed by atoms with Crippen molar-refractivity contribution in [1.29, 1.82) is 0 Å². The van der Waals surface area contributed by atoms with Crippen LogP contribution in [0.25, 0.3) is 11.3 Å². The van der Waals surface area contributed by atoms with Gasteiger partial charge in [-0.15, -0.1) is 0 Å². The van der Waals surface area contributed by atoms with Gasteiger partial charge in [0.25, 0.3) is 0 Å². The zero-order valence-electron chi connectivity index (χ0n) is 13.7. The zero-order chi connectivity index (χ0) is 19.8. The largest absolute Gasteiger partial charge is 0.419 e. The fourth-order valence-electron chi connectivity index (χ4n) is 2.39. The highest BCUT2D eigenvalue weighted by Crippen LogP contribution is 2.35. The van der Waals surface area contributed by atoms with Crippen LogP contribution >= 0.6 is 11.9 Å². The molecule has 0 aliphatic heterocycles. The summed E-state index contributed by atoms with van der Waals surface area (Å²) in [6, 6.07) is 6.72. The number of hydrogen-bond donors (Lipinski definition) is 2. The molecule has 0 atom stereocenters. The van der Waals surface area contributed by atoms with E-state index in [1.165, 1.54) is 12.3 Å². The molecule has 3 aromatic rings. The maximum Gasteiger partial charge on any atom is 0.419 e. The molecule has 0 bridgehead atoms. The molecule has 0 aliphatic carbocycles. The maximum absolute atomic E-state index is 13.9. The SMILES string of the molecule is Cc1ccc(F)c(-c2cc(SNc3cc(F)c(C(F)(F)F)cc3F)c[nH]2)c1. The number of rotatable bonds is 4. The topological polar surface area (TPSA) is 27.8 Å². The molecule has 0 saturated heterocycles. The van der Waals surface area contributed by atoms with Crippen molar-refractivity contribution < 1.29 is 26.3 Å². The maximum atomic E-state index is 13.9. The van der Waals surface area contributed by atoms with Gasteiger partial charge < -0.3 is 9.71 Å². The Balaban J connectivity index is 1.78. The molecule has 0 saturated carbocycles. The van der Waals surface area contributed by atoms with Gasteiger partial charge in [0.1, 0.15) is 17.5 Å². The fraction of sp³-hybridized carbons (Fsp3) is 0.111. The number of benzene rings is 2. The van der Waals surface area contributed by atoms with Crippen molar-refractivity contribution in [3.8, 4) is 11.3 Å². The molecule has 3 rings (SSSR count). The summed E-state index contributed by atoms with van der Waals surface area (Å²) in [5.41, 5.74) is -0.437. The summed E-state index contributed by atoms with van der Waals surface area (Å²) in [6.07, 6.45) is -3.48. The summed E-state index contributed by atoms with van der Waals surface area (Å²) in [4.78, 5) is 3.37. The first-order chi connectivity index (χ1) is 12.6. The van der Waals surface area contributed by atoms with Crippen LogP contribution in [-0.4, -0.2) is 4.98 Å². The van der Waals surface area contributed by atoms with Crippen molar-refractivity contribution in [2.45, 2.75) is 18.0 Å². The van der Waals surface area contributed by atoms with Gasteiger partial charge in [-0.1, -0.05) is 11.6 Å². The monoisotopic (exact) mass is 402 g/mol. The number of aromatic nitrogens is 1. The smallest absolute Gasteiger partial charge is 0.360 e. The van der Waals surface area contributed by atoms with Crippen LogP contribution in [-0.2, 0) is 6.18 Å². The van der Waals surface area contributed by atoms with Crippen LogP contribution < -0.4 is 4.72 Å². The molecular weight excluding hydrogens is 390 g/mol. The molecule has 0 radical (unpaired) electrons. The lowest BCUT2D eigenvalue weighted by Crippen LogP contribution is -2.09. The Hall–Kier alpha value is -2.55. The van der Waals surface area contributed by atoms with Crippen LogP contribution in [0.1, 0.15) is 11.1 Å². The lowest BCUT2D eigenvalue weighted by molar-refractivity contribution is -0.140. The van der Waals surface area contributed by atoms with E-state index in [0.29, 0.717) is 22.2 Å². The van der Waals surface area contributed by atoms with E-state index >= 15 is 0 Å². The predicted octanol–water partition coefficient (Wildman–Crippen LogP) is 6.55. The summed E-state index contributed by atoms with van der Waals surface area (Å²) < 4.78 is 81.5. The molecule has 0 amide bonds. The number of hydrogen-bond acceptors (Lipinski definition) is 2. The van der Waals surface area contributed by atoms with E-state index in [1.54, 1.807) is 18.2 Å². The minimum absolute atomic E-state index is 0.100. The quantitative estimate of drug-likeness (QED) is 0.383. The van der Waals surface area contributed by atoms with E-state index in [2.05, 4.69) is 9.71 Å². The third-order valence-electron chi connectivity index (χ3n) is 3.71. The lowest BCUT2D eigenvalue weighted by atomic mass is 10.1. The average Bonchev–Trinajstić information content (AvgIpc) is 3.05. The highest BCUT2D eigenvalue weighted by atomic mass is 32.2. The van der Waals surface area contributed by atoms with Crippen molar-refractivity contribution >= 4 is 17.6 Å². The highest BCUT2D eigenvalue weighted by molar-refractivity contribution is 8.00. The van der Waals surface area contributed by atoms with Gasteiger partial charge in [-0.05, 0) is 43.1 Å². The molecule has 0 fully saturated rings. The van der Waals surface area contributed by atoms with Crippen molar-refractivity contribution in [3.05, 3.63) is 71.2 Å². The van der Waals surface area contributed by atoms with Crippen LogP contribution in [0, 0.1) is 24.4 Å². The first-order valence-electron chi connectivity index (χ1n) is 7.59. The van der Waals surface area contributed by atoms with Gasteiger partial charge in [0.2, 0.25) is 0 Å². The van der Waals surface area contributed by atoms with Gasteiger partial charge in [0.15, 0.2) is 0 Å². The molecule has 1 aromatic heterocycles. The number of aryl methyl sites for hydroxylation is 1. The number of H-pyrrole nitrogens is 1. The minimum atomic E-state index is -4.98. The molecule has 2 aromatic carbocycles. The third kappa shape index (κ3) is 4.24. The predicted molar refractivity (Wildman–Crippen MR) is 91.8 cm³/mol. The Kier molecular flexibility index (Phi) is 5.14. The van der Waals surface area contributed by atoms with Crippen molar-refractivity contribution in [2.75, 3.05) is 4.72 Å². The molecule has 1 heterocycles. The van der Waals surface area contributed by atoms with Crippen molar-refractivity contribution in [1.82, 2.24) is 4.98 Å². The highest BCUT2D eigenvalue weighted by Gasteiger charge is 2.35. The van der Waals surface area contributed by atoms with E-state index in [-0.39, 0.29) is 6.07 Å². The zero-order valence-corrected chi connectivity index (χ0v) is 14.5. The standard InChI is InChI=1S/C18H12F6N2S/c1-9-2-3-13(19)11(4-9)16-5-10(8-25-16)27-26-17-7-14(20)12(6-15(17)21)18(22,23)24/h2-8,25-26H,1H3. The number of halogens is 6. The molecule has 0 aliphatic rings. The van der Waals surface area contributed by atoms with Gasteiger partial charge >= 0.3 is 6.18 Å². The van der Waals surface area contributed by atoms with Crippen LogP contribution in [0.4, 0.5) is 32.0 Å². The molecule has 0 spiro atoms. The Labute approximate surface area is 154 Å². The molecule has 27 heavy (non-hydrogen) atoms. The van der Waals surface area contributed by atoms with Gasteiger partial charge in [0, 0.05) is 28.4 Å². The summed E-state index contributed by atoms with van der Waals surface area (Å²) in [5, 5.41) is 0. The first-order valence-corrected chi connectivity index (χ1v) is 8.41. The number of aromatic amines is 1. The van der Waals surface area contributed by atoms with Crippen LogP contribution in [0.5, 0.6) is 0 Å². The van der Waals surface area contributed by atoms with Crippen molar-refractivity contribution in [3.63, 3.8) is 0 Å². The van der Waals surface area contributed by atoms with Gasteiger partial charge in [-0.3, -0.25) is 0 Å². The minimum Gasteiger partial charge on any atom is -0.360 e. The molecule has 9 heteroatoms. The third-order valence-corrected chi connectivity index (χ3v) is 4.50. The summed E-state index contributed by atoms with van der Waals surface area (Å²) in [6.45, 7) is 1.81. The Morgan fingerprint density at radius 3 is 2.37 bits per heavy atom. The normalized spacial score (nSPS) is 11.7. The van der Waals surface area contributed by atoms with Gasteiger partial charge in [0.05, 0.1) is 11.3 Å². The van der Waals surface area contributed by atoms with Crippen LogP contribution in [0.2, 0.25) is 0 Å². The molecule has 0 unspecified atom stereocenters. The Morgan fingerprint density at radius 2 is 1.67 bits per heavy atom. The van der Waals surface area contributed by atoms with Gasteiger partial charge in [-0.25, -0.2) is 13.2 Å². The van der Waals surface area contributed by atoms with E-state index in [4.69, 9.17) is 0 Å². The number of nitrogens with one attached hydrogen (secondary N) is 2. The van der Waals surface area contributed by atoms with Gasteiger partial charge in [-0.2, -0.15) is 13.2 Å². The fourth-order valence-corrected chi connectivity index (χ4v) is 3.07. The second-order valence-electron chi connectivity index (χ2n) is 5.75. The van der Waals surface area contributed by atoms with E-state index < -0.39 is 34.9 Å². The molecular formula is C18H12F6N2S. The molecule has 142 valence electrons. The Morgan fingerprint density at radius 1 is 0.926 bits per heavy atom. The second kappa shape index (κ2) is 7.22. The molecule has 2 N–H and O–H groups in total.